The molecule has 0 aliphatic carbocycles. The molecule has 142 valence electrons. The van der Waals surface area contributed by atoms with Crippen molar-refractivity contribution in [3.63, 3.8) is 0 Å². The fraction of sp³-hybridized carbons (Fsp3) is 0.235. The van der Waals surface area contributed by atoms with Gasteiger partial charge in [0.05, 0.1) is 5.75 Å². The van der Waals surface area contributed by atoms with Crippen LogP contribution in [0.25, 0.3) is 5.82 Å². The second-order valence-corrected chi connectivity index (χ2v) is 8.06. The summed E-state index contributed by atoms with van der Waals surface area (Å²) in [6, 6.07) is 8.50. The van der Waals surface area contributed by atoms with Crippen LogP contribution in [-0.2, 0) is 15.8 Å². The standard InChI is InChI=1S/C17H19ClN6O2S/c1-13-19-8-9-24(13)17-10-16(21-12-22-17)20-6-7-23-27(25,26)11-14-2-4-15(18)5-3-14/h2-5,8-10,12,23H,6-7,11H2,1H3,(H,20,21,22). The van der Waals surface area contributed by atoms with Gasteiger partial charge in [-0.15, -0.1) is 0 Å². The summed E-state index contributed by atoms with van der Waals surface area (Å²) in [5.41, 5.74) is 0.677. The molecule has 1 aromatic carbocycles. The third kappa shape index (κ3) is 5.49. The van der Waals surface area contributed by atoms with E-state index in [1.165, 1.54) is 6.33 Å². The number of nitrogens with one attached hydrogen (secondary N) is 2. The minimum Gasteiger partial charge on any atom is -0.369 e. The molecule has 2 heterocycles. The van der Waals surface area contributed by atoms with Crippen LogP contribution < -0.4 is 10.0 Å². The molecular formula is C17H19ClN6O2S. The van der Waals surface area contributed by atoms with E-state index in [0.29, 0.717) is 28.8 Å². The van der Waals surface area contributed by atoms with Gasteiger partial charge in [0.15, 0.2) is 0 Å². The van der Waals surface area contributed by atoms with Crippen LogP contribution in [0.2, 0.25) is 5.02 Å². The maximum atomic E-state index is 12.1. The van der Waals surface area contributed by atoms with Crippen molar-refractivity contribution in [2.24, 2.45) is 0 Å². The number of nitrogens with zero attached hydrogens (tertiary/aromatic N) is 4. The zero-order valence-electron chi connectivity index (χ0n) is 14.6. The zero-order valence-corrected chi connectivity index (χ0v) is 16.2. The van der Waals surface area contributed by atoms with Gasteiger partial charge in [0, 0.05) is 36.6 Å². The van der Waals surface area contributed by atoms with Crippen LogP contribution in [0, 0.1) is 6.92 Å². The van der Waals surface area contributed by atoms with Crippen LogP contribution in [0.1, 0.15) is 11.4 Å². The Balaban J connectivity index is 1.51. The largest absolute Gasteiger partial charge is 0.369 e. The van der Waals surface area contributed by atoms with Crippen molar-refractivity contribution in [3.8, 4) is 5.82 Å². The summed E-state index contributed by atoms with van der Waals surface area (Å²) in [5.74, 6) is 2.01. The number of benzene rings is 1. The number of aryl methyl sites for hydroxylation is 1. The molecule has 27 heavy (non-hydrogen) atoms. The molecule has 3 aromatic rings. The maximum Gasteiger partial charge on any atom is 0.215 e. The molecule has 0 fully saturated rings. The molecule has 0 aliphatic rings. The van der Waals surface area contributed by atoms with Crippen LogP contribution in [0.5, 0.6) is 0 Å². The number of sulfonamides is 1. The van der Waals surface area contributed by atoms with Gasteiger partial charge in [0.25, 0.3) is 0 Å². The predicted molar refractivity (Wildman–Crippen MR) is 104 cm³/mol. The van der Waals surface area contributed by atoms with Crippen molar-refractivity contribution in [1.29, 1.82) is 0 Å². The second-order valence-electron chi connectivity index (χ2n) is 5.81. The van der Waals surface area contributed by atoms with E-state index in [2.05, 4.69) is 25.0 Å². The highest BCUT2D eigenvalue weighted by Crippen LogP contribution is 2.12. The first kappa shape index (κ1) is 19.3. The van der Waals surface area contributed by atoms with E-state index in [1.54, 1.807) is 36.5 Å². The monoisotopic (exact) mass is 406 g/mol. The van der Waals surface area contributed by atoms with Crippen LogP contribution in [-0.4, -0.2) is 41.0 Å². The molecule has 0 spiro atoms. The van der Waals surface area contributed by atoms with E-state index in [9.17, 15) is 8.42 Å². The molecule has 8 nitrogen and oxygen atoms in total. The van der Waals surface area contributed by atoms with Gasteiger partial charge in [-0.3, -0.25) is 4.57 Å². The average molecular weight is 407 g/mol. The van der Waals surface area contributed by atoms with E-state index in [0.717, 1.165) is 5.82 Å². The smallest absolute Gasteiger partial charge is 0.215 e. The maximum absolute atomic E-state index is 12.1. The molecular weight excluding hydrogens is 388 g/mol. The van der Waals surface area contributed by atoms with Crippen molar-refractivity contribution in [2.45, 2.75) is 12.7 Å². The van der Waals surface area contributed by atoms with Crippen LogP contribution in [0.4, 0.5) is 5.82 Å². The van der Waals surface area contributed by atoms with E-state index >= 15 is 0 Å². The molecule has 2 N–H and O–H groups in total. The molecule has 0 radical (unpaired) electrons. The Morgan fingerprint density at radius 2 is 1.89 bits per heavy atom. The number of halogens is 1. The first-order chi connectivity index (χ1) is 12.9. The third-order valence-corrected chi connectivity index (χ3v) is 5.36. The van der Waals surface area contributed by atoms with Gasteiger partial charge in [-0.05, 0) is 24.6 Å². The summed E-state index contributed by atoms with van der Waals surface area (Å²) in [4.78, 5) is 12.5. The number of anilines is 1. The highest BCUT2D eigenvalue weighted by Gasteiger charge is 2.11. The summed E-state index contributed by atoms with van der Waals surface area (Å²) in [6.07, 6.45) is 4.95. The van der Waals surface area contributed by atoms with Crippen molar-refractivity contribution in [1.82, 2.24) is 24.2 Å². The topological polar surface area (TPSA) is 102 Å². The fourth-order valence-corrected chi connectivity index (χ4v) is 3.72. The van der Waals surface area contributed by atoms with E-state index in [-0.39, 0.29) is 12.3 Å². The van der Waals surface area contributed by atoms with Gasteiger partial charge >= 0.3 is 0 Å². The van der Waals surface area contributed by atoms with Crippen LogP contribution in [0.15, 0.2) is 49.1 Å². The molecule has 0 aliphatic heterocycles. The highest BCUT2D eigenvalue weighted by molar-refractivity contribution is 7.88. The molecule has 0 bridgehead atoms. The minimum absolute atomic E-state index is 0.0955. The van der Waals surface area contributed by atoms with Crippen LogP contribution in [0.3, 0.4) is 0 Å². The molecule has 10 heteroatoms. The van der Waals surface area contributed by atoms with Crippen molar-refractivity contribution in [2.75, 3.05) is 18.4 Å². The van der Waals surface area contributed by atoms with Gasteiger partial charge in [-0.25, -0.2) is 28.1 Å². The lowest BCUT2D eigenvalue weighted by molar-refractivity contribution is 0.582. The Morgan fingerprint density at radius 3 is 2.59 bits per heavy atom. The lowest BCUT2D eigenvalue weighted by atomic mass is 10.2. The third-order valence-electron chi connectivity index (χ3n) is 3.75. The molecule has 3 rings (SSSR count). The van der Waals surface area contributed by atoms with Crippen molar-refractivity contribution >= 4 is 27.4 Å². The van der Waals surface area contributed by atoms with Gasteiger partial charge in [-0.1, -0.05) is 23.7 Å². The lowest BCUT2D eigenvalue weighted by Gasteiger charge is -2.10. The van der Waals surface area contributed by atoms with Crippen molar-refractivity contribution in [3.05, 3.63) is 65.5 Å². The molecule has 0 saturated carbocycles. The summed E-state index contributed by atoms with van der Waals surface area (Å²) in [7, 11) is -3.43. The number of imidazole rings is 1. The highest BCUT2D eigenvalue weighted by atomic mass is 35.5. The average Bonchev–Trinajstić information content (AvgIpc) is 3.07. The van der Waals surface area contributed by atoms with Gasteiger partial charge < -0.3 is 5.32 Å². The SMILES string of the molecule is Cc1nccn1-c1cc(NCCNS(=O)(=O)Cc2ccc(Cl)cc2)ncn1. The minimum atomic E-state index is -3.43. The van der Waals surface area contributed by atoms with E-state index in [1.807, 2.05) is 17.7 Å². The number of aromatic nitrogens is 4. The van der Waals surface area contributed by atoms with Crippen LogP contribution >= 0.6 is 11.6 Å². The predicted octanol–water partition coefficient (Wildman–Crippen LogP) is 2.16. The van der Waals surface area contributed by atoms with Gasteiger partial charge in [0.2, 0.25) is 10.0 Å². The normalized spacial score (nSPS) is 11.5. The van der Waals surface area contributed by atoms with Gasteiger partial charge in [0.1, 0.15) is 23.8 Å². The summed E-state index contributed by atoms with van der Waals surface area (Å²) in [5, 5.41) is 3.65. The lowest BCUT2D eigenvalue weighted by Crippen LogP contribution is -2.30. The quantitative estimate of drug-likeness (QED) is 0.556. The van der Waals surface area contributed by atoms with Crippen molar-refractivity contribution < 1.29 is 8.42 Å². The van der Waals surface area contributed by atoms with E-state index in [4.69, 9.17) is 11.6 Å². The molecule has 2 aromatic heterocycles. The Bertz CT molecular complexity index is 1000. The number of rotatable bonds is 8. The summed E-state index contributed by atoms with van der Waals surface area (Å²) in [6.45, 7) is 2.50. The Kier molecular flexibility index (Phi) is 6.04. The molecule has 0 unspecified atom stereocenters. The number of hydrogen-bond donors (Lipinski definition) is 2. The molecule has 0 amide bonds. The number of hydrogen-bond acceptors (Lipinski definition) is 6. The summed E-state index contributed by atoms with van der Waals surface area (Å²) < 4.78 is 28.7. The zero-order chi connectivity index (χ0) is 19.3. The second kappa shape index (κ2) is 8.47. The molecule has 0 saturated heterocycles. The Labute approximate surface area is 162 Å². The van der Waals surface area contributed by atoms with Gasteiger partial charge in [-0.2, -0.15) is 0 Å². The molecule has 0 atom stereocenters. The first-order valence-electron chi connectivity index (χ1n) is 8.21. The first-order valence-corrected chi connectivity index (χ1v) is 10.2. The fourth-order valence-electron chi connectivity index (χ4n) is 2.44. The Morgan fingerprint density at radius 1 is 1.11 bits per heavy atom. The van der Waals surface area contributed by atoms with E-state index < -0.39 is 10.0 Å². The Hall–Kier alpha value is -2.49. The summed E-state index contributed by atoms with van der Waals surface area (Å²) >= 11 is 5.81.